The van der Waals surface area contributed by atoms with Gasteiger partial charge in [0.15, 0.2) is 9.84 Å². The fourth-order valence-electron chi connectivity index (χ4n) is 2.03. The Morgan fingerprint density at radius 3 is 2.62 bits per heavy atom. The summed E-state index contributed by atoms with van der Waals surface area (Å²) in [7, 11) is -1.36. The van der Waals surface area contributed by atoms with E-state index in [1.807, 2.05) is 11.9 Å². The van der Waals surface area contributed by atoms with Crippen molar-refractivity contribution >= 4 is 21.4 Å². The van der Waals surface area contributed by atoms with Crippen LogP contribution in [0, 0.1) is 0 Å². The molecule has 0 saturated carbocycles. The fourth-order valence-corrected chi connectivity index (χ4v) is 2.69. The highest BCUT2D eigenvalue weighted by molar-refractivity contribution is 7.90. The van der Waals surface area contributed by atoms with Crippen molar-refractivity contribution in [3.63, 3.8) is 0 Å². The summed E-state index contributed by atoms with van der Waals surface area (Å²) in [4.78, 5) is 14.2. The first-order chi connectivity index (χ1) is 9.74. The molecule has 0 heterocycles. The number of rotatable bonds is 7. The Labute approximate surface area is 127 Å². The van der Waals surface area contributed by atoms with E-state index in [0.29, 0.717) is 11.7 Å². The molecule has 0 aliphatic rings. The van der Waals surface area contributed by atoms with Gasteiger partial charge in [-0.25, -0.2) is 8.42 Å². The van der Waals surface area contributed by atoms with Crippen LogP contribution in [0.25, 0.3) is 0 Å². The van der Waals surface area contributed by atoms with Gasteiger partial charge in [0.2, 0.25) is 5.91 Å². The molecule has 1 aromatic carbocycles. The van der Waals surface area contributed by atoms with Crippen LogP contribution in [0.5, 0.6) is 0 Å². The minimum absolute atomic E-state index is 0.147. The standard InChI is InChI=1S/C15H24N2O3S/c1-5-7-12(2)17(3)11-15(18)16-13-8-6-9-14(10-13)21(4,19)20/h6,8-10,12H,5,7,11H2,1-4H3,(H,16,18). The van der Waals surface area contributed by atoms with E-state index in [4.69, 9.17) is 0 Å². The van der Waals surface area contributed by atoms with E-state index in [1.54, 1.807) is 12.1 Å². The maximum Gasteiger partial charge on any atom is 0.238 e. The lowest BCUT2D eigenvalue weighted by molar-refractivity contribution is -0.117. The summed E-state index contributed by atoms with van der Waals surface area (Å²) >= 11 is 0. The highest BCUT2D eigenvalue weighted by Crippen LogP contribution is 2.15. The molecule has 0 aliphatic heterocycles. The van der Waals surface area contributed by atoms with Gasteiger partial charge in [0, 0.05) is 18.0 Å². The smallest absolute Gasteiger partial charge is 0.238 e. The van der Waals surface area contributed by atoms with E-state index in [9.17, 15) is 13.2 Å². The topological polar surface area (TPSA) is 66.5 Å². The molecule has 0 aliphatic carbocycles. The lowest BCUT2D eigenvalue weighted by atomic mass is 10.2. The first-order valence-electron chi connectivity index (χ1n) is 7.04. The molecule has 5 nitrogen and oxygen atoms in total. The summed E-state index contributed by atoms with van der Waals surface area (Å²) < 4.78 is 23.0. The van der Waals surface area contributed by atoms with Gasteiger partial charge in [-0.1, -0.05) is 19.4 Å². The first kappa shape index (κ1) is 17.7. The molecule has 0 radical (unpaired) electrons. The van der Waals surface area contributed by atoms with Crippen molar-refractivity contribution in [2.45, 2.75) is 37.6 Å². The molecule has 21 heavy (non-hydrogen) atoms. The number of anilines is 1. The second kappa shape index (κ2) is 7.56. The average Bonchev–Trinajstić information content (AvgIpc) is 2.38. The van der Waals surface area contributed by atoms with Crippen molar-refractivity contribution in [1.82, 2.24) is 4.90 Å². The zero-order chi connectivity index (χ0) is 16.0. The second-order valence-electron chi connectivity index (χ2n) is 5.40. The summed E-state index contributed by atoms with van der Waals surface area (Å²) in [6.45, 7) is 4.48. The maximum atomic E-state index is 12.0. The van der Waals surface area contributed by atoms with Gasteiger partial charge in [-0.2, -0.15) is 0 Å². The number of hydrogen-bond acceptors (Lipinski definition) is 4. The molecule has 1 amide bonds. The van der Waals surface area contributed by atoms with Gasteiger partial charge in [-0.3, -0.25) is 9.69 Å². The number of nitrogens with one attached hydrogen (secondary N) is 1. The van der Waals surface area contributed by atoms with Crippen molar-refractivity contribution in [3.8, 4) is 0 Å². The molecule has 0 aromatic heterocycles. The molecule has 0 fully saturated rings. The molecule has 1 rings (SSSR count). The SMILES string of the molecule is CCCC(C)N(C)CC(=O)Nc1cccc(S(C)(=O)=O)c1. The monoisotopic (exact) mass is 312 g/mol. The zero-order valence-corrected chi connectivity index (χ0v) is 13.9. The molecule has 1 atom stereocenters. The van der Waals surface area contributed by atoms with Gasteiger partial charge >= 0.3 is 0 Å². The Bertz CT molecular complexity index is 584. The van der Waals surface area contributed by atoms with Crippen molar-refractivity contribution in [1.29, 1.82) is 0 Å². The van der Waals surface area contributed by atoms with Crippen LogP contribution in [0.1, 0.15) is 26.7 Å². The highest BCUT2D eigenvalue weighted by atomic mass is 32.2. The van der Waals surface area contributed by atoms with E-state index in [0.717, 1.165) is 19.1 Å². The summed E-state index contributed by atoms with van der Waals surface area (Å²) in [6.07, 6.45) is 3.25. The van der Waals surface area contributed by atoms with E-state index >= 15 is 0 Å². The summed E-state index contributed by atoms with van der Waals surface area (Å²) in [5.41, 5.74) is 0.500. The van der Waals surface area contributed by atoms with Gasteiger partial charge < -0.3 is 5.32 Å². The van der Waals surface area contributed by atoms with E-state index in [-0.39, 0.29) is 17.3 Å². The van der Waals surface area contributed by atoms with Crippen LogP contribution in [0.15, 0.2) is 29.2 Å². The molecule has 1 N–H and O–H groups in total. The number of nitrogens with zero attached hydrogens (tertiary/aromatic N) is 1. The van der Waals surface area contributed by atoms with E-state index in [2.05, 4.69) is 19.2 Å². The van der Waals surface area contributed by atoms with E-state index < -0.39 is 9.84 Å². The molecule has 0 bridgehead atoms. The lowest BCUT2D eigenvalue weighted by Crippen LogP contribution is -2.36. The van der Waals surface area contributed by atoms with Gasteiger partial charge in [0.25, 0.3) is 0 Å². The van der Waals surface area contributed by atoms with E-state index in [1.165, 1.54) is 12.1 Å². The van der Waals surface area contributed by atoms with Gasteiger partial charge in [-0.05, 0) is 38.6 Å². The minimum atomic E-state index is -3.27. The summed E-state index contributed by atoms with van der Waals surface area (Å²) in [5, 5.41) is 2.74. The number of amides is 1. The molecular formula is C15H24N2O3S. The maximum absolute atomic E-state index is 12.0. The summed E-state index contributed by atoms with van der Waals surface area (Å²) in [5.74, 6) is -0.147. The van der Waals surface area contributed by atoms with Crippen LogP contribution >= 0.6 is 0 Å². The van der Waals surface area contributed by atoms with Crippen LogP contribution in [0.4, 0.5) is 5.69 Å². The Hall–Kier alpha value is -1.40. The number of likely N-dealkylation sites (N-methyl/N-ethyl adjacent to an activating group) is 1. The number of benzene rings is 1. The van der Waals surface area contributed by atoms with Crippen LogP contribution in [-0.2, 0) is 14.6 Å². The van der Waals surface area contributed by atoms with Crippen molar-refractivity contribution in [2.75, 3.05) is 25.2 Å². The third kappa shape index (κ3) is 5.85. The lowest BCUT2D eigenvalue weighted by Gasteiger charge is -2.23. The third-order valence-electron chi connectivity index (χ3n) is 3.40. The third-order valence-corrected chi connectivity index (χ3v) is 4.51. The molecule has 0 spiro atoms. The Morgan fingerprint density at radius 1 is 1.38 bits per heavy atom. The Balaban J connectivity index is 2.67. The highest BCUT2D eigenvalue weighted by Gasteiger charge is 2.13. The fraction of sp³-hybridized carbons (Fsp3) is 0.533. The summed E-state index contributed by atoms with van der Waals surface area (Å²) in [6, 6.07) is 6.63. The molecule has 1 unspecified atom stereocenters. The van der Waals surface area contributed by atoms with Gasteiger partial charge in [0.05, 0.1) is 11.4 Å². The molecular weight excluding hydrogens is 288 g/mol. The Morgan fingerprint density at radius 2 is 2.05 bits per heavy atom. The van der Waals surface area contributed by atoms with Crippen LogP contribution in [0.2, 0.25) is 0 Å². The number of sulfone groups is 1. The van der Waals surface area contributed by atoms with Crippen molar-refractivity contribution in [2.24, 2.45) is 0 Å². The van der Waals surface area contributed by atoms with Crippen LogP contribution in [-0.4, -0.2) is 45.1 Å². The Kier molecular flexibility index (Phi) is 6.36. The minimum Gasteiger partial charge on any atom is -0.325 e. The molecule has 1 aromatic rings. The van der Waals surface area contributed by atoms with Crippen molar-refractivity contribution < 1.29 is 13.2 Å². The largest absolute Gasteiger partial charge is 0.325 e. The normalized spacial score (nSPS) is 13.2. The second-order valence-corrected chi connectivity index (χ2v) is 7.42. The quantitative estimate of drug-likeness (QED) is 0.838. The molecule has 6 heteroatoms. The predicted octanol–water partition coefficient (Wildman–Crippen LogP) is 2.15. The predicted molar refractivity (Wildman–Crippen MR) is 85.2 cm³/mol. The van der Waals surface area contributed by atoms with Crippen LogP contribution in [0.3, 0.4) is 0 Å². The molecule has 0 saturated heterocycles. The van der Waals surface area contributed by atoms with Crippen molar-refractivity contribution in [3.05, 3.63) is 24.3 Å². The van der Waals surface area contributed by atoms with Crippen LogP contribution < -0.4 is 5.32 Å². The first-order valence-corrected chi connectivity index (χ1v) is 8.93. The van der Waals surface area contributed by atoms with Gasteiger partial charge in [0.1, 0.15) is 0 Å². The molecule has 118 valence electrons. The average molecular weight is 312 g/mol. The number of carbonyl (C=O) groups is 1. The number of hydrogen-bond donors (Lipinski definition) is 1. The van der Waals surface area contributed by atoms with Gasteiger partial charge in [-0.15, -0.1) is 0 Å². The zero-order valence-electron chi connectivity index (χ0n) is 13.1. The number of carbonyl (C=O) groups excluding carboxylic acids is 1.